The summed E-state index contributed by atoms with van der Waals surface area (Å²) in [5.41, 5.74) is 1.91. The fourth-order valence-electron chi connectivity index (χ4n) is 2.11. The van der Waals surface area contributed by atoms with Crippen LogP contribution in [-0.2, 0) is 9.63 Å². The van der Waals surface area contributed by atoms with Gasteiger partial charge < -0.3 is 9.74 Å². The van der Waals surface area contributed by atoms with Crippen molar-refractivity contribution < 1.29 is 9.63 Å². The van der Waals surface area contributed by atoms with Crippen molar-refractivity contribution in [2.45, 2.75) is 0 Å². The van der Waals surface area contributed by atoms with E-state index in [9.17, 15) is 4.79 Å². The molecule has 2 aromatic rings. The van der Waals surface area contributed by atoms with E-state index in [1.807, 2.05) is 61.5 Å². The first-order valence-corrected chi connectivity index (χ1v) is 8.20. The Kier molecular flexibility index (Phi) is 4.13. The molecule has 0 atom stereocenters. The van der Waals surface area contributed by atoms with Crippen LogP contribution in [0.15, 0.2) is 51.6 Å². The predicted octanol–water partition coefficient (Wildman–Crippen LogP) is 3.92. The highest BCUT2D eigenvalue weighted by molar-refractivity contribution is 9.10. The van der Waals surface area contributed by atoms with Gasteiger partial charge in [0, 0.05) is 24.5 Å². The molecular formula is C16H13BrN2O2S. The molecule has 0 spiro atoms. The summed E-state index contributed by atoms with van der Waals surface area (Å²) in [6.07, 6.45) is 1.82. The molecule has 0 N–H and O–H groups in total. The summed E-state index contributed by atoms with van der Waals surface area (Å²) in [5, 5.41) is 5.00. The highest BCUT2D eigenvalue weighted by Gasteiger charge is 2.27. The zero-order valence-corrected chi connectivity index (χ0v) is 14.4. The average Bonchev–Trinajstić information content (AvgIpc) is 3.04. The van der Waals surface area contributed by atoms with Gasteiger partial charge in [-0.05, 0) is 28.1 Å². The molecule has 0 amide bonds. The van der Waals surface area contributed by atoms with Crippen LogP contribution in [0.3, 0.4) is 0 Å². The molecule has 0 aliphatic carbocycles. The van der Waals surface area contributed by atoms with Crippen molar-refractivity contribution in [3.63, 3.8) is 0 Å². The lowest BCUT2D eigenvalue weighted by Crippen LogP contribution is -2.06. The molecule has 112 valence electrons. The quantitative estimate of drug-likeness (QED) is 0.602. The molecule has 1 aliphatic heterocycles. The Morgan fingerprint density at radius 1 is 1.27 bits per heavy atom. The number of hydrogen-bond donors (Lipinski definition) is 0. The van der Waals surface area contributed by atoms with Gasteiger partial charge in [0.1, 0.15) is 10.7 Å². The summed E-state index contributed by atoms with van der Waals surface area (Å²) in [5.74, 6) is -0.422. The van der Waals surface area contributed by atoms with E-state index in [2.05, 4.69) is 21.1 Å². The smallest absolute Gasteiger partial charge is 0.368 e. The van der Waals surface area contributed by atoms with Gasteiger partial charge in [-0.2, -0.15) is 0 Å². The average molecular weight is 377 g/mol. The SMILES string of the molecule is CN(C)c1sc(/C=C2\C(=O)ON=C2c2ccccc2)cc1Br. The number of nitrogens with zero attached hydrogens (tertiary/aromatic N) is 2. The zero-order valence-electron chi connectivity index (χ0n) is 12.0. The third-order valence-corrected chi connectivity index (χ3v) is 5.24. The number of thiophene rings is 1. The van der Waals surface area contributed by atoms with E-state index in [4.69, 9.17) is 4.84 Å². The first kappa shape index (κ1) is 15.0. The van der Waals surface area contributed by atoms with Crippen LogP contribution in [0.1, 0.15) is 10.4 Å². The summed E-state index contributed by atoms with van der Waals surface area (Å²) in [7, 11) is 3.96. The lowest BCUT2D eigenvalue weighted by molar-refractivity contribution is -0.136. The molecular weight excluding hydrogens is 364 g/mol. The Labute approximate surface area is 140 Å². The van der Waals surface area contributed by atoms with Crippen molar-refractivity contribution in [1.29, 1.82) is 0 Å². The van der Waals surface area contributed by atoms with E-state index in [0.29, 0.717) is 11.3 Å². The Hall–Kier alpha value is -1.92. The van der Waals surface area contributed by atoms with Crippen LogP contribution in [0.2, 0.25) is 0 Å². The maximum absolute atomic E-state index is 12.0. The first-order valence-electron chi connectivity index (χ1n) is 6.60. The number of carbonyl (C=O) groups excluding carboxylic acids is 1. The molecule has 0 bridgehead atoms. The first-order chi connectivity index (χ1) is 10.6. The largest absolute Gasteiger partial charge is 0.369 e. The van der Waals surface area contributed by atoms with Crippen molar-refractivity contribution in [1.82, 2.24) is 0 Å². The number of hydrogen-bond acceptors (Lipinski definition) is 5. The Bertz CT molecular complexity index is 779. The van der Waals surface area contributed by atoms with Crippen LogP contribution < -0.4 is 4.90 Å². The molecule has 0 saturated heterocycles. The summed E-state index contributed by atoms with van der Waals surface area (Å²) in [6.45, 7) is 0. The number of halogens is 1. The van der Waals surface area contributed by atoms with Crippen LogP contribution in [0.4, 0.5) is 5.00 Å². The van der Waals surface area contributed by atoms with E-state index < -0.39 is 5.97 Å². The maximum atomic E-state index is 12.0. The van der Waals surface area contributed by atoms with Crippen LogP contribution in [0, 0.1) is 0 Å². The Morgan fingerprint density at radius 3 is 2.64 bits per heavy atom. The Morgan fingerprint density at radius 2 is 2.00 bits per heavy atom. The van der Waals surface area contributed by atoms with Crippen molar-refractivity contribution in [3.8, 4) is 0 Å². The lowest BCUT2D eigenvalue weighted by Gasteiger charge is -2.08. The third-order valence-electron chi connectivity index (χ3n) is 3.12. The van der Waals surface area contributed by atoms with Crippen molar-refractivity contribution in [3.05, 3.63) is 56.9 Å². The second-order valence-corrected chi connectivity index (χ2v) is 6.86. The minimum absolute atomic E-state index is 0.422. The summed E-state index contributed by atoms with van der Waals surface area (Å²) >= 11 is 5.13. The monoisotopic (exact) mass is 376 g/mol. The van der Waals surface area contributed by atoms with Crippen molar-refractivity contribution in [2.75, 3.05) is 19.0 Å². The molecule has 1 aromatic carbocycles. The molecule has 0 fully saturated rings. The molecule has 0 saturated carbocycles. The molecule has 2 heterocycles. The van der Waals surface area contributed by atoms with Crippen molar-refractivity contribution in [2.24, 2.45) is 5.16 Å². The molecule has 3 rings (SSSR count). The van der Waals surface area contributed by atoms with Crippen LogP contribution in [0.5, 0.6) is 0 Å². The molecule has 22 heavy (non-hydrogen) atoms. The highest BCUT2D eigenvalue weighted by atomic mass is 79.9. The summed E-state index contributed by atoms with van der Waals surface area (Å²) in [6, 6.07) is 11.5. The van der Waals surface area contributed by atoms with Crippen LogP contribution in [-0.4, -0.2) is 25.8 Å². The molecule has 0 unspecified atom stereocenters. The fourth-order valence-corrected chi connectivity index (χ4v) is 4.02. The van der Waals surface area contributed by atoms with Crippen LogP contribution in [0.25, 0.3) is 6.08 Å². The van der Waals surface area contributed by atoms with Gasteiger partial charge >= 0.3 is 5.97 Å². The van der Waals surface area contributed by atoms with E-state index in [1.165, 1.54) is 0 Å². The molecule has 1 aliphatic rings. The van der Waals surface area contributed by atoms with Gasteiger partial charge in [-0.1, -0.05) is 35.5 Å². The zero-order chi connectivity index (χ0) is 15.7. The lowest BCUT2D eigenvalue weighted by atomic mass is 10.0. The van der Waals surface area contributed by atoms with Crippen molar-refractivity contribution >= 4 is 50.0 Å². The normalized spacial score (nSPS) is 15.9. The van der Waals surface area contributed by atoms with Gasteiger partial charge in [0.15, 0.2) is 0 Å². The number of carbonyl (C=O) groups is 1. The predicted molar refractivity (Wildman–Crippen MR) is 93.4 cm³/mol. The number of benzene rings is 1. The molecule has 1 aromatic heterocycles. The minimum Gasteiger partial charge on any atom is -0.369 e. The standard InChI is InChI=1S/C16H13BrN2O2S/c1-19(2)15-13(17)9-11(22-15)8-12-14(18-21-16(12)20)10-6-4-3-5-7-10/h3-9H,1-2H3/b12-8-. The van der Waals surface area contributed by atoms with Gasteiger partial charge in [-0.3, -0.25) is 0 Å². The van der Waals surface area contributed by atoms with E-state index in [1.54, 1.807) is 11.3 Å². The van der Waals surface area contributed by atoms with E-state index in [-0.39, 0.29) is 0 Å². The number of rotatable bonds is 3. The third kappa shape index (κ3) is 2.84. The van der Waals surface area contributed by atoms with E-state index >= 15 is 0 Å². The van der Waals surface area contributed by atoms with Gasteiger partial charge in [-0.25, -0.2) is 4.79 Å². The summed E-state index contributed by atoms with van der Waals surface area (Å²) < 4.78 is 0.999. The topological polar surface area (TPSA) is 41.9 Å². The summed E-state index contributed by atoms with van der Waals surface area (Å²) in [4.78, 5) is 19.8. The maximum Gasteiger partial charge on any atom is 0.368 e. The van der Waals surface area contributed by atoms with Gasteiger partial charge in [0.2, 0.25) is 0 Å². The second kappa shape index (κ2) is 6.06. The van der Waals surface area contributed by atoms with Gasteiger partial charge in [0.05, 0.1) is 10.0 Å². The van der Waals surface area contributed by atoms with E-state index in [0.717, 1.165) is 19.9 Å². The molecule has 0 radical (unpaired) electrons. The van der Waals surface area contributed by atoms with Gasteiger partial charge in [0.25, 0.3) is 0 Å². The number of anilines is 1. The van der Waals surface area contributed by atoms with Crippen LogP contribution >= 0.6 is 27.3 Å². The Balaban J connectivity index is 2.00. The second-order valence-electron chi connectivity index (χ2n) is 4.94. The van der Waals surface area contributed by atoms with Gasteiger partial charge in [-0.15, -0.1) is 11.3 Å². The number of oxime groups is 1. The minimum atomic E-state index is -0.422. The molecule has 4 nitrogen and oxygen atoms in total. The highest BCUT2D eigenvalue weighted by Crippen LogP contribution is 2.36. The fraction of sp³-hybridized carbons (Fsp3) is 0.125. The molecule has 6 heteroatoms.